The number of carbonyl (C=O) groups is 3. The Labute approximate surface area is 205 Å². The van der Waals surface area contributed by atoms with E-state index in [-0.39, 0.29) is 54.6 Å². The lowest BCUT2D eigenvalue weighted by atomic mass is 9.84. The quantitative estimate of drug-likeness (QED) is 0.629. The molecule has 3 amide bonds. The Kier molecular flexibility index (Phi) is 7.80. The predicted molar refractivity (Wildman–Crippen MR) is 129 cm³/mol. The summed E-state index contributed by atoms with van der Waals surface area (Å²) in [5.74, 6) is -0.313. The molecular formula is C27H32FN3O4. The van der Waals surface area contributed by atoms with Crippen LogP contribution in [0.4, 0.5) is 4.39 Å². The Morgan fingerprint density at radius 1 is 1.14 bits per heavy atom. The summed E-state index contributed by atoms with van der Waals surface area (Å²) in [7, 11) is 3.28. The van der Waals surface area contributed by atoms with Crippen molar-refractivity contribution in [3.05, 3.63) is 71.0 Å². The number of fused-ring (bicyclic) bond motifs is 1. The zero-order chi connectivity index (χ0) is 24.9. The average Bonchev–Trinajstić information content (AvgIpc) is 3.18. The summed E-state index contributed by atoms with van der Waals surface area (Å²) < 4.78 is 18.4. The minimum Gasteiger partial charge on any atom is -0.375 e. The summed E-state index contributed by atoms with van der Waals surface area (Å²) in [6, 6.07) is 13.4. The van der Waals surface area contributed by atoms with Crippen molar-refractivity contribution < 1.29 is 23.5 Å². The first-order valence-corrected chi connectivity index (χ1v) is 12.0. The van der Waals surface area contributed by atoms with Gasteiger partial charge < -0.3 is 19.9 Å². The number of hydrogen-bond donors (Lipinski definition) is 1. The maximum absolute atomic E-state index is 13.4. The van der Waals surface area contributed by atoms with Crippen LogP contribution in [0.2, 0.25) is 0 Å². The normalized spacial score (nSPS) is 18.7. The van der Waals surface area contributed by atoms with E-state index in [2.05, 4.69) is 5.32 Å². The number of ether oxygens (including phenoxy) is 1. The molecule has 4 rings (SSSR count). The number of benzene rings is 2. The van der Waals surface area contributed by atoms with E-state index < -0.39 is 0 Å². The van der Waals surface area contributed by atoms with Crippen LogP contribution in [0.3, 0.4) is 0 Å². The number of carbonyl (C=O) groups excluding carboxylic acids is 3. The van der Waals surface area contributed by atoms with Gasteiger partial charge in [0, 0.05) is 38.9 Å². The third kappa shape index (κ3) is 5.70. The minimum atomic E-state index is -0.298. The van der Waals surface area contributed by atoms with E-state index in [4.69, 9.17) is 4.74 Å². The van der Waals surface area contributed by atoms with Gasteiger partial charge in [-0.15, -0.1) is 0 Å². The van der Waals surface area contributed by atoms with Gasteiger partial charge >= 0.3 is 0 Å². The number of nitrogens with one attached hydrogen (secondary N) is 1. The van der Waals surface area contributed by atoms with Crippen molar-refractivity contribution in [2.45, 2.75) is 37.8 Å². The zero-order valence-corrected chi connectivity index (χ0v) is 20.2. The van der Waals surface area contributed by atoms with E-state index in [1.165, 1.54) is 19.2 Å². The third-order valence-electron chi connectivity index (χ3n) is 7.22. The van der Waals surface area contributed by atoms with Crippen molar-refractivity contribution in [3.8, 4) is 0 Å². The van der Waals surface area contributed by atoms with Crippen LogP contribution >= 0.6 is 0 Å². The van der Waals surface area contributed by atoms with Gasteiger partial charge in [0.2, 0.25) is 11.8 Å². The standard InChI is InChI=1S/C27H32FN3O4/c1-30(26(33)17-35-2)24(15-18-7-9-20(28)10-8-18)19-11-13-31(14-12-19)25(32)16-23-21-5-3-4-6-22(21)27(34)29-23/h3-10,19,23-24H,11-17H2,1-2H3,(H,29,34)/t23-,24+/m0/s1. The molecule has 0 unspecified atom stereocenters. The van der Waals surface area contributed by atoms with E-state index in [9.17, 15) is 18.8 Å². The van der Waals surface area contributed by atoms with E-state index >= 15 is 0 Å². The number of rotatable bonds is 8. The molecule has 0 radical (unpaired) electrons. The summed E-state index contributed by atoms with van der Waals surface area (Å²) in [6.45, 7) is 1.19. The lowest BCUT2D eigenvalue weighted by molar-refractivity contribution is -0.139. The third-order valence-corrected chi connectivity index (χ3v) is 7.22. The molecule has 2 atom stereocenters. The molecule has 2 heterocycles. The maximum Gasteiger partial charge on any atom is 0.252 e. The average molecular weight is 482 g/mol. The van der Waals surface area contributed by atoms with Crippen LogP contribution in [0.15, 0.2) is 48.5 Å². The predicted octanol–water partition coefficient (Wildman–Crippen LogP) is 2.96. The molecule has 0 spiro atoms. The highest BCUT2D eigenvalue weighted by molar-refractivity contribution is 5.99. The van der Waals surface area contributed by atoms with Crippen molar-refractivity contribution in [1.29, 1.82) is 0 Å². The molecule has 186 valence electrons. The van der Waals surface area contributed by atoms with Gasteiger partial charge in [-0.25, -0.2) is 4.39 Å². The number of likely N-dealkylation sites (tertiary alicyclic amines) is 1. The number of methoxy groups -OCH3 is 1. The Hall–Kier alpha value is -3.26. The Morgan fingerprint density at radius 3 is 2.51 bits per heavy atom. The number of likely N-dealkylation sites (N-methyl/N-ethyl adjacent to an activating group) is 1. The molecule has 1 N–H and O–H groups in total. The fraction of sp³-hybridized carbons (Fsp3) is 0.444. The van der Waals surface area contributed by atoms with Gasteiger partial charge in [-0.2, -0.15) is 0 Å². The fourth-order valence-corrected chi connectivity index (χ4v) is 5.21. The number of piperidine rings is 1. The van der Waals surface area contributed by atoms with Crippen LogP contribution in [0.1, 0.15) is 46.8 Å². The molecule has 0 aliphatic carbocycles. The number of halogens is 1. The smallest absolute Gasteiger partial charge is 0.252 e. The number of nitrogens with zero attached hydrogens (tertiary/aromatic N) is 2. The molecule has 0 bridgehead atoms. The molecule has 0 saturated carbocycles. The SMILES string of the molecule is COCC(=O)N(C)[C@H](Cc1ccc(F)cc1)C1CCN(C(=O)C[C@@H]2NC(=O)c3ccccc32)CC1. The fourth-order valence-electron chi connectivity index (χ4n) is 5.21. The lowest BCUT2D eigenvalue weighted by Crippen LogP contribution is -2.49. The first-order chi connectivity index (χ1) is 16.9. The second-order valence-electron chi connectivity index (χ2n) is 9.37. The second kappa shape index (κ2) is 11.0. The largest absolute Gasteiger partial charge is 0.375 e. The Morgan fingerprint density at radius 2 is 1.83 bits per heavy atom. The monoisotopic (exact) mass is 481 g/mol. The molecule has 8 heteroatoms. The molecule has 35 heavy (non-hydrogen) atoms. The molecule has 2 aromatic rings. The van der Waals surface area contributed by atoms with Crippen molar-refractivity contribution in [2.75, 3.05) is 33.9 Å². The highest BCUT2D eigenvalue weighted by Crippen LogP contribution is 2.30. The van der Waals surface area contributed by atoms with Crippen LogP contribution < -0.4 is 5.32 Å². The van der Waals surface area contributed by atoms with E-state index in [1.54, 1.807) is 30.1 Å². The van der Waals surface area contributed by atoms with Gasteiger partial charge in [-0.1, -0.05) is 30.3 Å². The van der Waals surface area contributed by atoms with Crippen molar-refractivity contribution in [2.24, 2.45) is 5.92 Å². The summed E-state index contributed by atoms with van der Waals surface area (Å²) in [6.07, 6.45) is 2.36. The van der Waals surface area contributed by atoms with Crippen molar-refractivity contribution in [3.63, 3.8) is 0 Å². The maximum atomic E-state index is 13.4. The van der Waals surface area contributed by atoms with Gasteiger partial charge in [-0.05, 0) is 54.5 Å². The van der Waals surface area contributed by atoms with Gasteiger partial charge in [0.1, 0.15) is 12.4 Å². The highest BCUT2D eigenvalue weighted by atomic mass is 19.1. The van der Waals surface area contributed by atoms with Crippen molar-refractivity contribution >= 4 is 17.7 Å². The number of hydrogen-bond acceptors (Lipinski definition) is 4. The van der Waals surface area contributed by atoms with Crippen molar-refractivity contribution in [1.82, 2.24) is 15.1 Å². The number of amides is 3. The first-order valence-electron chi connectivity index (χ1n) is 12.0. The summed E-state index contributed by atoms with van der Waals surface area (Å²) in [5, 5.41) is 2.92. The molecule has 0 aromatic heterocycles. The summed E-state index contributed by atoms with van der Waals surface area (Å²) >= 11 is 0. The van der Waals surface area contributed by atoms with E-state index in [1.807, 2.05) is 23.1 Å². The summed E-state index contributed by atoms with van der Waals surface area (Å²) in [4.78, 5) is 41.4. The van der Waals surface area contributed by atoms with Crippen LogP contribution in [0, 0.1) is 11.7 Å². The van der Waals surface area contributed by atoms with E-state index in [0.717, 1.165) is 24.0 Å². The molecule has 2 aliphatic rings. The van der Waals surface area contributed by atoms with Gasteiger partial charge in [0.15, 0.2) is 0 Å². The summed E-state index contributed by atoms with van der Waals surface area (Å²) in [5.41, 5.74) is 2.47. The topological polar surface area (TPSA) is 79.0 Å². The second-order valence-corrected chi connectivity index (χ2v) is 9.37. The minimum absolute atomic E-state index is 0.00231. The molecule has 2 aromatic carbocycles. The van der Waals surface area contributed by atoms with Crippen LogP contribution in [0.25, 0.3) is 0 Å². The Bertz CT molecular complexity index is 1070. The zero-order valence-electron chi connectivity index (χ0n) is 20.2. The van der Waals surface area contributed by atoms with Crippen LogP contribution in [-0.2, 0) is 20.7 Å². The van der Waals surface area contributed by atoms with Gasteiger partial charge in [0.05, 0.1) is 12.5 Å². The molecule has 7 nitrogen and oxygen atoms in total. The van der Waals surface area contributed by atoms with Crippen LogP contribution in [-0.4, -0.2) is 67.4 Å². The lowest BCUT2D eigenvalue weighted by Gasteiger charge is -2.40. The van der Waals surface area contributed by atoms with Crippen LogP contribution in [0.5, 0.6) is 0 Å². The Balaban J connectivity index is 1.39. The van der Waals surface area contributed by atoms with Gasteiger partial charge in [0.25, 0.3) is 5.91 Å². The molecule has 1 saturated heterocycles. The first kappa shape index (κ1) is 24.9. The highest BCUT2D eigenvalue weighted by Gasteiger charge is 2.35. The molecule has 2 aliphatic heterocycles. The molecular weight excluding hydrogens is 449 g/mol. The van der Waals surface area contributed by atoms with Gasteiger partial charge in [-0.3, -0.25) is 14.4 Å². The van der Waals surface area contributed by atoms with E-state index in [0.29, 0.717) is 25.1 Å². The molecule has 1 fully saturated rings.